The van der Waals surface area contributed by atoms with E-state index in [4.69, 9.17) is 14.6 Å². The quantitative estimate of drug-likeness (QED) is 0.716. The second kappa shape index (κ2) is 20.2. The molecule has 0 unspecified atom stereocenters. The number of rotatable bonds is 7. The zero-order valence-corrected chi connectivity index (χ0v) is 14.5. The van der Waals surface area contributed by atoms with Crippen molar-refractivity contribution in [3.8, 4) is 0 Å². The van der Waals surface area contributed by atoms with E-state index in [1.807, 2.05) is 13.8 Å². The number of methoxy groups -OCH3 is 1. The lowest BCUT2D eigenvalue weighted by molar-refractivity contribution is 0.0572. The molecule has 3 nitrogen and oxygen atoms in total. The first-order chi connectivity index (χ1) is 8.81. The van der Waals surface area contributed by atoms with Gasteiger partial charge < -0.3 is 14.6 Å². The largest absolute Gasteiger partial charge is 0.396 e. The minimum atomic E-state index is 0.306. The van der Waals surface area contributed by atoms with Gasteiger partial charge in [-0.05, 0) is 17.8 Å². The third-order valence-corrected chi connectivity index (χ3v) is 2.06. The molecule has 0 amide bonds. The summed E-state index contributed by atoms with van der Waals surface area (Å²) in [5.74, 6) is 1.95. The molecule has 0 aliphatic heterocycles. The summed E-state index contributed by atoms with van der Waals surface area (Å²) < 4.78 is 10.0. The summed E-state index contributed by atoms with van der Waals surface area (Å²) in [5.41, 5.74) is 0. The van der Waals surface area contributed by atoms with Gasteiger partial charge in [0, 0.05) is 20.3 Å². The van der Waals surface area contributed by atoms with Gasteiger partial charge in [0.15, 0.2) is 0 Å². The Hall–Kier alpha value is -0.120. The highest BCUT2D eigenvalue weighted by molar-refractivity contribution is 4.38. The van der Waals surface area contributed by atoms with Crippen molar-refractivity contribution in [2.24, 2.45) is 17.8 Å². The van der Waals surface area contributed by atoms with E-state index in [-0.39, 0.29) is 0 Å². The number of aliphatic hydroxyl groups is 1. The molecule has 0 bridgehead atoms. The Labute approximate surface area is 121 Å². The molecule has 0 rings (SSSR count). The maximum Gasteiger partial charge on any atom is 0.0700 e. The van der Waals surface area contributed by atoms with Crippen molar-refractivity contribution >= 4 is 0 Å². The molecule has 0 atom stereocenters. The van der Waals surface area contributed by atoms with E-state index in [0.717, 1.165) is 12.5 Å². The fourth-order valence-corrected chi connectivity index (χ4v) is 0.461. The molecule has 0 spiro atoms. The maximum atomic E-state index is 8.14. The first-order valence-electron chi connectivity index (χ1n) is 7.49. The summed E-state index contributed by atoms with van der Waals surface area (Å²) in [5, 5.41) is 8.14. The molecule has 3 heteroatoms. The number of hydrogen-bond donors (Lipinski definition) is 1. The van der Waals surface area contributed by atoms with Crippen LogP contribution in [0.5, 0.6) is 0 Å². The minimum Gasteiger partial charge on any atom is -0.396 e. The Balaban J connectivity index is -0.000000219. The summed E-state index contributed by atoms with van der Waals surface area (Å²) in [6.07, 6.45) is 1.31. The van der Waals surface area contributed by atoms with E-state index in [0.29, 0.717) is 31.7 Å². The number of hydrogen-bond acceptors (Lipinski definition) is 3. The van der Waals surface area contributed by atoms with Gasteiger partial charge in [-0.25, -0.2) is 0 Å². The molecular formula is C16H38O3. The second-order valence-corrected chi connectivity index (χ2v) is 5.84. The van der Waals surface area contributed by atoms with Gasteiger partial charge in [0.1, 0.15) is 0 Å². The molecule has 0 aliphatic rings. The Morgan fingerprint density at radius 1 is 0.842 bits per heavy atom. The second-order valence-electron chi connectivity index (χ2n) is 5.84. The van der Waals surface area contributed by atoms with Gasteiger partial charge in [-0.1, -0.05) is 54.9 Å². The van der Waals surface area contributed by atoms with Crippen molar-refractivity contribution in [2.75, 3.05) is 33.5 Å². The third-order valence-electron chi connectivity index (χ3n) is 2.06. The molecule has 1 N–H and O–H groups in total. The Bertz CT molecular complexity index is 126. The number of aliphatic hydroxyl groups excluding tert-OH is 1. The van der Waals surface area contributed by atoms with Crippen LogP contribution in [0, 0.1) is 17.8 Å². The zero-order chi connectivity index (χ0) is 15.7. The molecule has 0 aromatic rings. The first kappa shape index (κ1) is 23.9. The monoisotopic (exact) mass is 278 g/mol. The smallest absolute Gasteiger partial charge is 0.0700 e. The van der Waals surface area contributed by atoms with Crippen molar-refractivity contribution in [3.05, 3.63) is 0 Å². The standard InChI is InChI=1S/C7H16O2.C5H12.C4H10O/c1-7(2)6-9-5-4-8-3;1-4-5(2)3;1-4(2)3-5/h7H,4-6H2,1-3H3;5H,4H2,1-3H3;4-5H,3H2,1-2H3. The lowest BCUT2D eigenvalue weighted by Crippen LogP contribution is -2.06. The maximum absolute atomic E-state index is 8.14. The van der Waals surface area contributed by atoms with Gasteiger partial charge in [0.25, 0.3) is 0 Å². The lowest BCUT2D eigenvalue weighted by atomic mass is 10.2. The highest BCUT2D eigenvalue weighted by Gasteiger charge is 1.91. The van der Waals surface area contributed by atoms with Gasteiger partial charge >= 0.3 is 0 Å². The van der Waals surface area contributed by atoms with Crippen LogP contribution in [-0.4, -0.2) is 38.6 Å². The van der Waals surface area contributed by atoms with E-state index >= 15 is 0 Å². The van der Waals surface area contributed by atoms with E-state index < -0.39 is 0 Å². The molecule has 0 aromatic carbocycles. The Morgan fingerprint density at radius 3 is 1.47 bits per heavy atom. The molecule has 19 heavy (non-hydrogen) atoms. The van der Waals surface area contributed by atoms with Crippen LogP contribution < -0.4 is 0 Å². The molecule has 0 aliphatic carbocycles. The zero-order valence-electron chi connectivity index (χ0n) is 14.5. The molecule has 0 saturated heterocycles. The molecule has 0 saturated carbocycles. The Kier molecular flexibility index (Phi) is 25.5. The topological polar surface area (TPSA) is 38.7 Å². The van der Waals surface area contributed by atoms with Gasteiger partial charge in [-0.15, -0.1) is 0 Å². The van der Waals surface area contributed by atoms with Crippen molar-refractivity contribution < 1.29 is 14.6 Å². The van der Waals surface area contributed by atoms with Gasteiger partial charge in [-0.3, -0.25) is 0 Å². The summed E-state index contributed by atoms with van der Waals surface area (Å²) in [7, 11) is 1.68. The average molecular weight is 278 g/mol. The Morgan fingerprint density at radius 2 is 1.26 bits per heavy atom. The van der Waals surface area contributed by atoms with Crippen molar-refractivity contribution in [1.82, 2.24) is 0 Å². The van der Waals surface area contributed by atoms with E-state index in [1.165, 1.54) is 6.42 Å². The van der Waals surface area contributed by atoms with Crippen molar-refractivity contribution in [2.45, 2.75) is 54.9 Å². The van der Waals surface area contributed by atoms with E-state index in [2.05, 4.69) is 34.6 Å². The molecule has 0 aromatic heterocycles. The minimum absolute atomic E-state index is 0.306. The fraction of sp³-hybridized carbons (Fsp3) is 1.00. The summed E-state index contributed by atoms with van der Waals surface area (Å²) in [6.45, 7) is 17.4. The highest BCUT2D eigenvalue weighted by Crippen LogP contribution is 1.94. The van der Waals surface area contributed by atoms with Crippen LogP contribution in [0.15, 0.2) is 0 Å². The summed E-state index contributed by atoms with van der Waals surface area (Å²) in [6, 6.07) is 0. The first-order valence-corrected chi connectivity index (χ1v) is 7.49. The predicted octanol–water partition coefficient (Wildman–Crippen LogP) is 3.99. The normalized spacial score (nSPS) is 10.1. The van der Waals surface area contributed by atoms with Crippen LogP contribution in [-0.2, 0) is 9.47 Å². The number of ether oxygens (including phenoxy) is 2. The van der Waals surface area contributed by atoms with E-state index in [9.17, 15) is 0 Å². The molecular weight excluding hydrogens is 240 g/mol. The van der Waals surface area contributed by atoms with Gasteiger partial charge in [0.2, 0.25) is 0 Å². The van der Waals surface area contributed by atoms with Crippen molar-refractivity contribution in [3.63, 3.8) is 0 Å². The van der Waals surface area contributed by atoms with E-state index in [1.54, 1.807) is 7.11 Å². The lowest BCUT2D eigenvalue weighted by Gasteiger charge is -2.04. The third kappa shape index (κ3) is 46.2. The van der Waals surface area contributed by atoms with Crippen LogP contribution in [0.2, 0.25) is 0 Å². The van der Waals surface area contributed by atoms with Crippen LogP contribution in [0.3, 0.4) is 0 Å². The highest BCUT2D eigenvalue weighted by atomic mass is 16.5. The van der Waals surface area contributed by atoms with Crippen molar-refractivity contribution in [1.29, 1.82) is 0 Å². The SMILES string of the molecule is CC(C)CO.CCC(C)C.COCCOCC(C)C. The van der Waals surface area contributed by atoms with Crippen LogP contribution in [0.25, 0.3) is 0 Å². The molecule has 120 valence electrons. The summed E-state index contributed by atoms with van der Waals surface area (Å²) in [4.78, 5) is 0. The predicted molar refractivity (Wildman–Crippen MR) is 84.6 cm³/mol. The van der Waals surface area contributed by atoms with Gasteiger partial charge in [0.05, 0.1) is 13.2 Å². The average Bonchev–Trinajstić information content (AvgIpc) is 2.35. The molecule has 0 radical (unpaired) electrons. The van der Waals surface area contributed by atoms with Gasteiger partial charge in [-0.2, -0.15) is 0 Å². The van der Waals surface area contributed by atoms with Crippen LogP contribution >= 0.6 is 0 Å². The molecule has 0 fully saturated rings. The molecule has 0 heterocycles. The van der Waals surface area contributed by atoms with Crippen LogP contribution in [0.1, 0.15) is 54.9 Å². The fourth-order valence-electron chi connectivity index (χ4n) is 0.461. The van der Waals surface area contributed by atoms with Crippen LogP contribution in [0.4, 0.5) is 0 Å². The summed E-state index contributed by atoms with van der Waals surface area (Å²) >= 11 is 0.